The smallest absolute Gasteiger partial charge is 0.467 e. The first-order valence-electron chi connectivity index (χ1n) is 20.3. The standard InChI is InChI=1S/C43H55N3O21/c1-23(47)60-31-32(61-24(2)48)34(62-25(3)49)37(65-33(31)36(51)57-12)64-30-18-13-26(22-58-40(54)63-28-16-14-27(15-17-28)46(55)56)21-29(30)35(50)44-19-20-59-43(10,11)45(38(52)66-41(4,5)6)39(53)67-42(7,8)9/h13-18,21,31-34,37H,19-20,22H2,1-12H3,(H,44,50)/t31-,32-,33-,34+,37?/m0/s1. The first-order valence-corrected chi connectivity index (χ1v) is 20.3. The molecule has 1 fully saturated rings. The van der Waals surface area contributed by atoms with Crippen LogP contribution >= 0.6 is 0 Å². The van der Waals surface area contributed by atoms with Crippen LogP contribution in [-0.2, 0) is 68.4 Å². The maximum absolute atomic E-state index is 14.1. The van der Waals surface area contributed by atoms with Gasteiger partial charge < -0.3 is 57.4 Å². The zero-order valence-corrected chi connectivity index (χ0v) is 39.0. The van der Waals surface area contributed by atoms with Crippen molar-refractivity contribution in [3.05, 3.63) is 63.7 Å². The number of esters is 4. The van der Waals surface area contributed by atoms with Crippen LogP contribution in [0.3, 0.4) is 0 Å². The number of methoxy groups -OCH3 is 1. The predicted octanol–water partition coefficient (Wildman–Crippen LogP) is 5.04. The summed E-state index contributed by atoms with van der Waals surface area (Å²) >= 11 is 0. The summed E-state index contributed by atoms with van der Waals surface area (Å²) < 4.78 is 60.0. The largest absolute Gasteiger partial charge is 0.514 e. The molecule has 1 aliphatic rings. The van der Waals surface area contributed by atoms with Gasteiger partial charge in [-0.05, 0) is 85.2 Å². The Balaban J connectivity index is 2.00. The van der Waals surface area contributed by atoms with E-state index in [0.717, 1.165) is 40.0 Å². The Morgan fingerprint density at radius 3 is 1.81 bits per heavy atom. The molecule has 0 bridgehead atoms. The van der Waals surface area contributed by atoms with Crippen molar-refractivity contribution in [3.63, 3.8) is 0 Å². The fraction of sp³-hybridized carbons (Fsp3) is 0.535. The molecular formula is C43H55N3O21. The number of amides is 3. The highest BCUT2D eigenvalue weighted by Crippen LogP contribution is 2.33. The zero-order chi connectivity index (χ0) is 50.6. The Bertz CT molecular complexity index is 2130. The second-order valence-corrected chi connectivity index (χ2v) is 16.9. The number of nitrogens with one attached hydrogen (secondary N) is 1. The van der Waals surface area contributed by atoms with Gasteiger partial charge in [-0.15, -0.1) is 0 Å². The molecule has 1 aliphatic heterocycles. The molecule has 2 aromatic rings. The molecular weight excluding hydrogens is 894 g/mol. The predicted molar refractivity (Wildman–Crippen MR) is 225 cm³/mol. The van der Waals surface area contributed by atoms with Crippen molar-refractivity contribution in [2.24, 2.45) is 0 Å². The summed E-state index contributed by atoms with van der Waals surface area (Å²) in [7, 11) is 0.994. The zero-order valence-electron chi connectivity index (χ0n) is 39.0. The lowest BCUT2D eigenvalue weighted by Gasteiger charge is -2.43. The summed E-state index contributed by atoms with van der Waals surface area (Å²) in [6.07, 6.45) is -12.3. The number of nitro groups is 1. The van der Waals surface area contributed by atoms with Gasteiger partial charge in [0.1, 0.15) is 29.3 Å². The molecule has 0 aliphatic carbocycles. The molecule has 67 heavy (non-hydrogen) atoms. The maximum Gasteiger partial charge on any atom is 0.514 e. The molecule has 1 heterocycles. The van der Waals surface area contributed by atoms with Crippen LogP contribution in [0.5, 0.6) is 11.5 Å². The molecule has 1 unspecified atom stereocenters. The highest BCUT2D eigenvalue weighted by Gasteiger charge is 2.56. The molecule has 2 aromatic carbocycles. The maximum atomic E-state index is 14.1. The van der Waals surface area contributed by atoms with Crippen molar-refractivity contribution in [3.8, 4) is 11.5 Å². The van der Waals surface area contributed by atoms with Gasteiger partial charge >= 0.3 is 42.2 Å². The first-order chi connectivity index (χ1) is 31.0. The van der Waals surface area contributed by atoms with E-state index in [1.165, 1.54) is 44.2 Å². The number of ether oxygens (including phenoxy) is 11. The third kappa shape index (κ3) is 16.7. The van der Waals surface area contributed by atoms with E-state index >= 15 is 0 Å². The van der Waals surface area contributed by atoms with Gasteiger partial charge in [0.2, 0.25) is 12.4 Å². The Morgan fingerprint density at radius 2 is 1.30 bits per heavy atom. The Morgan fingerprint density at radius 1 is 0.761 bits per heavy atom. The number of imide groups is 1. The molecule has 0 aromatic heterocycles. The summed E-state index contributed by atoms with van der Waals surface area (Å²) in [5.41, 5.74) is -4.15. The number of carbonyl (C=O) groups excluding carboxylic acids is 8. The molecule has 3 amide bonds. The summed E-state index contributed by atoms with van der Waals surface area (Å²) in [6, 6.07) is 8.34. The van der Waals surface area contributed by atoms with E-state index in [1.54, 1.807) is 41.5 Å². The quantitative estimate of drug-likeness (QED) is 0.0438. The van der Waals surface area contributed by atoms with E-state index < -0.39 is 107 Å². The van der Waals surface area contributed by atoms with Crippen LogP contribution in [0.15, 0.2) is 42.5 Å². The van der Waals surface area contributed by atoms with Crippen LogP contribution in [0.4, 0.5) is 20.1 Å². The molecule has 1 saturated heterocycles. The van der Waals surface area contributed by atoms with Gasteiger partial charge in [0, 0.05) is 39.4 Å². The lowest BCUT2D eigenvalue weighted by molar-refractivity contribution is -0.384. The molecule has 5 atom stereocenters. The number of benzene rings is 2. The lowest BCUT2D eigenvalue weighted by Crippen LogP contribution is -2.64. The number of non-ortho nitro benzene ring substituents is 1. The van der Waals surface area contributed by atoms with Crippen molar-refractivity contribution in [1.82, 2.24) is 10.2 Å². The highest BCUT2D eigenvalue weighted by atomic mass is 16.7. The number of rotatable bonds is 16. The minimum atomic E-state index is -1.88. The molecule has 1 N–H and O–H groups in total. The number of hydrogen-bond acceptors (Lipinski definition) is 21. The van der Waals surface area contributed by atoms with Crippen molar-refractivity contribution in [2.75, 3.05) is 20.3 Å². The highest BCUT2D eigenvalue weighted by molar-refractivity contribution is 5.97. The summed E-state index contributed by atoms with van der Waals surface area (Å²) in [5.74, 6) is -5.26. The Kier molecular flexibility index (Phi) is 18.5. The van der Waals surface area contributed by atoms with Crippen molar-refractivity contribution in [1.29, 1.82) is 0 Å². The minimum Gasteiger partial charge on any atom is -0.467 e. The van der Waals surface area contributed by atoms with Crippen LogP contribution in [0.2, 0.25) is 0 Å². The van der Waals surface area contributed by atoms with E-state index in [9.17, 15) is 48.5 Å². The van der Waals surface area contributed by atoms with E-state index in [4.69, 9.17) is 52.1 Å². The van der Waals surface area contributed by atoms with Crippen LogP contribution in [-0.4, -0.2) is 126 Å². The van der Waals surface area contributed by atoms with Gasteiger partial charge in [0.15, 0.2) is 24.0 Å². The van der Waals surface area contributed by atoms with Crippen LogP contribution in [0.1, 0.15) is 92.1 Å². The van der Waals surface area contributed by atoms with E-state index in [0.29, 0.717) is 4.90 Å². The minimum absolute atomic E-state index is 0.0757. The van der Waals surface area contributed by atoms with Crippen LogP contribution in [0.25, 0.3) is 0 Å². The second kappa shape index (κ2) is 22.9. The third-order valence-electron chi connectivity index (χ3n) is 8.51. The van der Waals surface area contributed by atoms with E-state index in [-0.39, 0.29) is 41.5 Å². The summed E-state index contributed by atoms with van der Waals surface area (Å²) in [5, 5.41) is 13.6. The van der Waals surface area contributed by atoms with Gasteiger partial charge in [-0.1, -0.05) is 6.07 Å². The molecule has 0 spiro atoms. The average Bonchev–Trinajstić information content (AvgIpc) is 3.18. The van der Waals surface area contributed by atoms with Gasteiger partial charge in [-0.2, -0.15) is 4.90 Å². The van der Waals surface area contributed by atoms with Crippen molar-refractivity contribution >= 4 is 53.8 Å². The number of hydrogen-bond donors (Lipinski definition) is 1. The Labute approximate surface area is 384 Å². The number of carbonyl (C=O) groups is 8. The summed E-state index contributed by atoms with van der Waals surface area (Å²) in [4.78, 5) is 114. The molecule has 24 heteroatoms. The number of nitrogens with zero attached hydrogens (tertiary/aromatic N) is 2. The average molecular weight is 950 g/mol. The first kappa shape index (κ1) is 54.3. The Hall–Kier alpha value is -7.08. The van der Waals surface area contributed by atoms with E-state index in [1.807, 2.05) is 0 Å². The third-order valence-corrected chi connectivity index (χ3v) is 8.51. The molecule has 0 saturated carbocycles. The fourth-order valence-corrected chi connectivity index (χ4v) is 5.91. The van der Waals surface area contributed by atoms with Gasteiger partial charge in [0.25, 0.3) is 11.6 Å². The molecule has 3 rings (SSSR count). The molecule has 24 nitrogen and oxygen atoms in total. The van der Waals surface area contributed by atoms with Crippen molar-refractivity contribution in [2.45, 2.75) is 130 Å². The van der Waals surface area contributed by atoms with Crippen molar-refractivity contribution < 1.29 is 95.4 Å². The fourth-order valence-electron chi connectivity index (χ4n) is 5.91. The molecule has 368 valence electrons. The summed E-state index contributed by atoms with van der Waals surface area (Å²) in [6.45, 7) is 14.2. The number of nitro benzene ring substituents is 1. The lowest BCUT2D eigenvalue weighted by atomic mass is 9.97. The molecule has 0 radical (unpaired) electrons. The van der Waals surface area contributed by atoms with Crippen LogP contribution < -0.4 is 14.8 Å². The van der Waals surface area contributed by atoms with Gasteiger partial charge in [0.05, 0.1) is 24.2 Å². The van der Waals surface area contributed by atoms with Gasteiger partial charge in [-0.3, -0.25) is 29.3 Å². The SMILES string of the molecule is COC(=O)[C@H]1OC(Oc2ccc(COC(=O)Oc3ccc([N+](=O)[O-])cc3)cc2C(=O)NCCOC(C)(C)N(C(=O)OC(C)(C)C)C(=O)OC(C)(C)C)[C@H](OC(C)=O)[C@@H](OC(C)=O)[C@@H]1OC(C)=O. The van der Waals surface area contributed by atoms with Crippen LogP contribution in [0, 0.1) is 10.1 Å². The van der Waals surface area contributed by atoms with Gasteiger partial charge in [-0.25, -0.2) is 19.2 Å². The topological polar surface area (TPSA) is 296 Å². The normalized spacial score (nSPS) is 18.2. The monoisotopic (exact) mass is 949 g/mol. The second-order valence-electron chi connectivity index (χ2n) is 16.9. The van der Waals surface area contributed by atoms with E-state index in [2.05, 4.69) is 5.32 Å².